The number of nitrogens with zero attached hydrogens (tertiary/aromatic N) is 3. The van der Waals surface area contributed by atoms with Crippen LogP contribution in [0.4, 0.5) is 0 Å². The number of para-hydroxylation sites is 1. The van der Waals surface area contributed by atoms with Crippen LogP contribution in [0.2, 0.25) is 0 Å². The van der Waals surface area contributed by atoms with E-state index < -0.39 is 0 Å². The zero-order chi connectivity index (χ0) is 16.8. The molecule has 1 heterocycles. The Hall–Kier alpha value is -2.38. The van der Waals surface area contributed by atoms with Crippen molar-refractivity contribution >= 4 is 30.2 Å². The van der Waals surface area contributed by atoms with E-state index in [0.29, 0.717) is 10.6 Å². The van der Waals surface area contributed by atoms with Crippen molar-refractivity contribution in [2.75, 3.05) is 6.26 Å². The second-order valence-corrected chi connectivity index (χ2v) is 6.14. The fraction of sp³-hybridized carbons (Fsp3) is 0.118. The van der Waals surface area contributed by atoms with Crippen molar-refractivity contribution in [3.8, 4) is 5.75 Å². The first-order valence-electron chi connectivity index (χ1n) is 7.29. The van der Waals surface area contributed by atoms with Crippen LogP contribution >= 0.6 is 24.0 Å². The van der Waals surface area contributed by atoms with Crippen molar-refractivity contribution in [2.24, 2.45) is 5.10 Å². The van der Waals surface area contributed by atoms with E-state index in [1.54, 1.807) is 22.7 Å². The summed E-state index contributed by atoms with van der Waals surface area (Å²) < 4.78 is 7.70. The average molecular weight is 356 g/mol. The van der Waals surface area contributed by atoms with Gasteiger partial charge in [0.1, 0.15) is 12.4 Å². The molecule has 1 aromatic heterocycles. The molecule has 0 saturated heterocycles. The summed E-state index contributed by atoms with van der Waals surface area (Å²) in [5.41, 5.74) is 0.992. The van der Waals surface area contributed by atoms with Crippen molar-refractivity contribution < 1.29 is 4.74 Å². The van der Waals surface area contributed by atoms with Gasteiger partial charge in [-0.3, -0.25) is 0 Å². The van der Waals surface area contributed by atoms with Gasteiger partial charge in [-0.05, 0) is 48.3 Å². The molecular formula is C17H16N4OS2. The van der Waals surface area contributed by atoms with Crippen molar-refractivity contribution in [2.45, 2.75) is 11.5 Å². The lowest BCUT2D eigenvalue weighted by molar-refractivity contribution is 0.290. The zero-order valence-corrected chi connectivity index (χ0v) is 14.7. The molecule has 3 aromatic rings. The number of aromatic amines is 1. The third-order valence-electron chi connectivity index (χ3n) is 3.27. The monoisotopic (exact) mass is 356 g/mol. The smallest absolute Gasteiger partial charge is 0.216 e. The minimum Gasteiger partial charge on any atom is -0.486 e. The van der Waals surface area contributed by atoms with Gasteiger partial charge < -0.3 is 4.74 Å². The van der Waals surface area contributed by atoms with Gasteiger partial charge in [-0.15, -0.1) is 11.8 Å². The molecule has 3 rings (SSSR count). The summed E-state index contributed by atoms with van der Waals surface area (Å²) in [6.07, 6.45) is 3.80. The van der Waals surface area contributed by atoms with Gasteiger partial charge in [0, 0.05) is 4.90 Å². The molecule has 0 atom stereocenters. The van der Waals surface area contributed by atoms with Crippen LogP contribution in [0.25, 0.3) is 0 Å². The first-order valence-corrected chi connectivity index (χ1v) is 8.92. The quantitative estimate of drug-likeness (QED) is 0.410. The van der Waals surface area contributed by atoms with E-state index in [-0.39, 0.29) is 6.61 Å². The van der Waals surface area contributed by atoms with Gasteiger partial charge in [-0.25, -0.2) is 5.10 Å². The maximum atomic E-state index is 5.70. The maximum absolute atomic E-state index is 5.70. The first-order chi connectivity index (χ1) is 11.8. The molecule has 2 aromatic carbocycles. The van der Waals surface area contributed by atoms with Gasteiger partial charge in [0.05, 0.1) is 6.21 Å². The third-order valence-corrected chi connectivity index (χ3v) is 4.27. The van der Waals surface area contributed by atoms with Crippen molar-refractivity contribution in [1.29, 1.82) is 0 Å². The van der Waals surface area contributed by atoms with Crippen molar-refractivity contribution in [3.05, 3.63) is 70.8 Å². The second kappa shape index (κ2) is 7.94. The highest BCUT2D eigenvalue weighted by molar-refractivity contribution is 7.98. The molecule has 0 spiro atoms. The molecule has 0 aliphatic rings. The van der Waals surface area contributed by atoms with Crippen LogP contribution in [0.5, 0.6) is 5.75 Å². The van der Waals surface area contributed by atoms with E-state index in [1.165, 1.54) is 4.90 Å². The summed E-state index contributed by atoms with van der Waals surface area (Å²) in [5.74, 6) is 1.38. The van der Waals surface area contributed by atoms with E-state index in [4.69, 9.17) is 17.0 Å². The van der Waals surface area contributed by atoms with Crippen LogP contribution in [-0.4, -0.2) is 27.3 Å². The Morgan fingerprint density at radius 1 is 1.21 bits per heavy atom. The number of ether oxygens (including phenoxy) is 1. The fourth-order valence-corrected chi connectivity index (χ4v) is 2.62. The average Bonchev–Trinajstić information content (AvgIpc) is 2.99. The highest BCUT2D eigenvalue weighted by Crippen LogP contribution is 2.14. The predicted molar refractivity (Wildman–Crippen MR) is 99.4 cm³/mol. The Balaban J connectivity index is 1.74. The molecule has 0 aliphatic carbocycles. The molecule has 1 N–H and O–H groups in total. The molecule has 7 heteroatoms. The molecule has 0 unspecified atom stereocenters. The number of hydrogen-bond acceptors (Lipinski definition) is 5. The van der Waals surface area contributed by atoms with Crippen LogP contribution < -0.4 is 4.74 Å². The van der Waals surface area contributed by atoms with Crippen LogP contribution in [0.15, 0.2) is 64.6 Å². The standard InChI is InChI=1S/C17H16N4OS2/c1-24-15-9-7-13(8-10-15)11-18-21-16(19-20-17(21)23)12-22-14-5-3-2-4-6-14/h2-11H,12H2,1H3,(H,20,23). The minimum absolute atomic E-state index is 0.278. The second-order valence-electron chi connectivity index (χ2n) is 4.88. The van der Waals surface area contributed by atoms with Gasteiger partial charge in [0.2, 0.25) is 4.77 Å². The molecule has 0 bridgehead atoms. The van der Waals surface area contributed by atoms with Crippen LogP contribution in [0.3, 0.4) is 0 Å². The lowest BCUT2D eigenvalue weighted by Gasteiger charge is -2.05. The number of thioether (sulfide) groups is 1. The number of hydrogen-bond donors (Lipinski definition) is 1. The highest BCUT2D eigenvalue weighted by atomic mass is 32.2. The SMILES string of the molecule is CSc1ccc(C=Nn2c(COc3ccccc3)n[nH]c2=S)cc1. The lowest BCUT2D eigenvalue weighted by Crippen LogP contribution is -2.04. The van der Waals surface area contributed by atoms with Crippen molar-refractivity contribution in [1.82, 2.24) is 14.9 Å². The van der Waals surface area contributed by atoms with Gasteiger partial charge in [0.25, 0.3) is 0 Å². The summed E-state index contributed by atoms with van der Waals surface area (Å²) in [4.78, 5) is 1.21. The first kappa shape index (κ1) is 16.5. The zero-order valence-electron chi connectivity index (χ0n) is 13.0. The summed E-state index contributed by atoms with van der Waals surface area (Å²) >= 11 is 6.94. The van der Waals surface area contributed by atoms with E-state index in [1.807, 2.05) is 48.7 Å². The van der Waals surface area contributed by atoms with Gasteiger partial charge in [0.15, 0.2) is 5.82 Å². The molecule has 0 fully saturated rings. The molecular weight excluding hydrogens is 340 g/mol. The Morgan fingerprint density at radius 2 is 1.96 bits per heavy atom. The maximum Gasteiger partial charge on any atom is 0.216 e. The summed E-state index contributed by atoms with van der Waals surface area (Å²) in [7, 11) is 0. The Labute approximate surface area is 149 Å². The van der Waals surface area contributed by atoms with E-state index in [0.717, 1.165) is 11.3 Å². The normalized spacial score (nSPS) is 11.0. The van der Waals surface area contributed by atoms with E-state index >= 15 is 0 Å². The molecule has 0 radical (unpaired) electrons. The number of benzene rings is 2. The Morgan fingerprint density at radius 3 is 2.67 bits per heavy atom. The summed E-state index contributed by atoms with van der Waals surface area (Å²) in [5, 5.41) is 11.3. The molecule has 122 valence electrons. The topological polar surface area (TPSA) is 55.2 Å². The summed E-state index contributed by atoms with van der Waals surface area (Å²) in [6, 6.07) is 17.7. The molecule has 0 saturated carbocycles. The van der Waals surface area contributed by atoms with Gasteiger partial charge in [-0.1, -0.05) is 30.3 Å². The van der Waals surface area contributed by atoms with Crippen LogP contribution in [0.1, 0.15) is 11.4 Å². The number of rotatable bonds is 6. The van der Waals surface area contributed by atoms with Gasteiger partial charge >= 0.3 is 0 Å². The van der Waals surface area contributed by atoms with E-state index in [2.05, 4.69) is 27.4 Å². The Kier molecular flexibility index (Phi) is 5.45. The van der Waals surface area contributed by atoms with Crippen LogP contribution in [0, 0.1) is 4.77 Å². The van der Waals surface area contributed by atoms with E-state index in [9.17, 15) is 0 Å². The largest absolute Gasteiger partial charge is 0.486 e. The lowest BCUT2D eigenvalue weighted by atomic mass is 10.2. The molecule has 0 amide bonds. The molecule has 5 nitrogen and oxygen atoms in total. The molecule has 0 aliphatic heterocycles. The number of H-pyrrole nitrogens is 1. The summed E-state index contributed by atoms with van der Waals surface area (Å²) in [6.45, 7) is 0.278. The third kappa shape index (κ3) is 4.12. The fourth-order valence-electron chi connectivity index (χ4n) is 2.02. The van der Waals surface area contributed by atoms with Crippen LogP contribution in [-0.2, 0) is 6.61 Å². The highest BCUT2D eigenvalue weighted by Gasteiger charge is 2.06. The molecule has 24 heavy (non-hydrogen) atoms. The predicted octanol–water partition coefficient (Wildman–Crippen LogP) is 4.12. The number of nitrogens with one attached hydrogen (secondary N) is 1. The van der Waals surface area contributed by atoms with Crippen molar-refractivity contribution in [3.63, 3.8) is 0 Å². The number of aromatic nitrogens is 3. The van der Waals surface area contributed by atoms with Gasteiger partial charge in [-0.2, -0.15) is 14.9 Å². The minimum atomic E-state index is 0.278. The Bertz CT molecular complexity index is 870.